The van der Waals surface area contributed by atoms with E-state index in [-0.39, 0.29) is 22.7 Å². The minimum absolute atomic E-state index is 0.00257. The average Bonchev–Trinajstić information content (AvgIpc) is 2.54. The first-order valence-corrected chi connectivity index (χ1v) is 6.95. The Hall–Kier alpha value is -0.830. The monoisotopic (exact) mass is 250 g/mol. The van der Waals surface area contributed by atoms with Crippen molar-refractivity contribution in [2.45, 2.75) is 52.7 Å². The molecule has 4 atom stereocenters. The maximum atomic E-state index is 11.7. The van der Waals surface area contributed by atoms with Gasteiger partial charge in [0.15, 0.2) is 0 Å². The van der Waals surface area contributed by atoms with Crippen LogP contribution in [-0.4, -0.2) is 17.4 Å². The summed E-state index contributed by atoms with van der Waals surface area (Å²) in [4.78, 5) is 11.7. The van der Waals surface area contributed by atoms with E-state index < -0.39 is 6.29 Å². The van der Waals surface area contributed by atoms with Gasteiger partial charge >= 0.3 is 5.97 Å². The first-order valence-electron chi connectivity index (χ1n) is 6.95. The summed E-state index contributed by atoms with van der Waals surface area (Å²) in [5, 5.41) is 10.1. The van der Waals surface area contributed by atoms with Gasteiger partial charge in [-0.25, -0.2) is 4.79 Å². The normalized spacial score (nSPS) is 45.9. The van der Waals surface area contributed by atoms with Gasteiger partial charge in [-0.3, -0.25) is 0 Å². The molecule has 2 fully saturated rings. The summed E-state index contributed by atoms with van der Waals surface area (Å²) in [7, 11) is 0. The Bertz CT molecular complexity index is 423. The van der Waals surface area contributed by atoms with E-state index in [2.05, 4.69) is 20.8 Å². The summed E-state index contributed by atoms with van der Waals surface area (Å²) in [5.74, 6) is 0.0931. The van der Waals surface area contributed by atoms with Gasteiger partial charge in [-0.15, -0.1) is 0 Å². The number of esters is 1. The molecule has 3 rings (SSSR count). The lowest BCUT2D eigenvalue weighted by Crippen LogP contribution is -2.50. The minimum atomic E-state index is -0.939. The molecule has 1 N–H and O–H groups in total. The van der Waals surface area contributed by atoms with Crippen molar-refractivity contribution in [3.8, 4) is 0 Å². The van der Waals surface area contributed by atoms with Crippen LogP contribution in [0.3, 0.4) is 0 Å². The van der Waals surface area contributed by atoms with Crippen molar-refractivity contribution in [2.75, 3.05) is 0 Å². The molecule has 1 aliphatic heterocycles. The van der Waals surface area contributed by atoms with E-state index in [9.17, 15) is 9.90 Å². The van der Waals surface area contributed by atoms with Gasteiger partial charge < -0.3 is 9.84 Å². The lowest BCUT2D eigenvalue weighted by Gasteiger charge is -2.55. The third-order valence-electron chi connectivity index (χ3n) is 5.64. The number of aliphatic hydroxyl groups is 1. The third-order valence-corrected chi connectivity index (χ3v) is 5.64. The summed E-state index contributed by atoms with van der Waals surface area (Å²) < 4.78 is 5.04. The van der Waals surface area contributed by atoms with E-state index in [0.717, 1.165) is 18.4 Å². The number of ether oxygens (including phenoxy) is 1. The van der Waals surface area contributed by atoms with Crippen LogP contribution in [0, 0.1) is 22.7 Å². The fraction of sp³-hybridized carbons (Fsp3) is 0.800. The third kappa shape index (κ3) is 1.43. The van der Waals surface area contributed by atoms with Crippen LogP contribution in [0.25, 0.3) is 0 Å². The van der Waals surface area contributed by atoms with Gasteiger partial charge in [0.1, 0.15) is 0 Å². The van der Waals surface area contributed by atoms with Gasteiger partial charge in [0.25, 0.3) is 0 Å². The average molecular weight is 250 g/mol. The molecule has 1 saturated carbocycles. The topological polar surface area (TPSA) is 46.5 Å². The predicted octanol–water partition coefficient (Wildman–Crippen LogP) is 2.64. The number of carbonyl (C=O) groups excluding carboxylic acids is 1. The number of hydrogen-bond donors (Lipinski definition) is 1. The Morgan fingerprint density at radius 3 is 2.78 bits per heavy atom. The summed E-state index contributed by atoms with van der Waals surface area (Å²) in [6.07, 6.45) is 5.50. The number of cyclic esters (lactones) is 1. The van der Waals surface area contributed by atoms with Crippen LogP contribution < -0.4 is 0 Å². The van der Waals surface area contributed by atoms with E-state index in [4.69, 9.17) is 4.74 Å². The largest absolute Gasteiger partial charge is 0.432 e. The van der Waals surface area contributed by atoms with Crippen LogP contribution in [0.1, 0.15) is 46.5 Å². The summed E-state index contributed by atoms with van der Waals surface area (Å²) in [6.45, 7) is 6.87. The van der Waals surface area contributed by atoms with Gasteiger partial charge in [-0.1, -0.05) is 33.3 Å². The van der Waals surface area contributed by atoms with Gasteiger partial charge in [-0.05, 0) is 36.0 Å². The van der Waals surface area contributed by atoms with Gasteiger partial charge in [0.05, 0.1) is 5.92 Å². The highest BCUT2D eigenvalue weighted by molar-refractivity contribution is 5.91. The molecule has 0 amide bonds. The van der Waals surface area contributed by atoms with Crippen molar-refractivity contribution < 1.29 is 14.6 Å². The second-order valence-corrected chi connectivity index (χ2v) is 7.07. The molecule has 1 heterocycles. The Labute approximate surface area is 108 Å². The SMILES string of the molecule is CC1(C)CCC[C@]2(C)C3C(=CCC12)C(=O)OC3O. The number of aliphatic hydroxyl groups excluding tert-OH is 1. The standard InChI is InChI=1S/C15H22O3/c1-14(2)7-4-8-15(3)10(14)6-5-9-11(15)13(17)18-12(9)16/h5,10-11,13,17H,4,6-8H2,1-3H3/t10?,11?,13?,15-/m0/s1. The molecule has 1 saturated heterocycles. The fourth-order valence-electron chi connectivity index (χ4n) is 4.79. The van der Waals surface area contributed by atoms with Crippen molar-refractivity contribution in [1.29, 1.82) is 0 Å². The lowest BCUT2D eigenvalue weighted by molar-refractivity contribution is -0.165. The molecule has 0 radical (unpaired) electrons. The van der Waals surface area contributed by atoms with Crippen LogP contribution in [0.15, 0.2) is 11.6 Å². The second kappa shape index (κ2) is 3.60. The van der Waals surface area contributed by atoms with Gasteiger partial charge in [0, 0.05) is 5.57 Å². The molecule has 18 heavy (non-hydrogen) atoms. The summed E-state index contributed by atoms with van der Waals surface area (Å²) >= 11 is 0. The predicted molar refractivity (Wildman–Crippen MR) is 67.5 cm³/mol. The van der Waals surface area contributed by atoms with Gasteiger partial charge in [0.2, 0.25) is 6.29 Å². The molecule has 0 aromatic rings. The Kier molecular flexibility index (Phi) is 2.44. The minimum Gasteiger partial charge on any atom is -0.432 e. The highest BCUT2D eigenvalue weighted by Gasteiger charge is 2.59. The summed E-state index contributed by atoms with van der Waals surface area (Å²) in [6, 6.07) is 0. The van der Waals surface area contributed by atoms with E-state index in [1.54, 1.807) is 0 Å². The molecule has 0 spiro atoms. The van der Waals surface area contributed by atoms with E-state index in [0.29, 0.717) is 5.92 Å². The van der Waals surface area contributed by atoms with E-state index in [1.165, 1.54) is 12.8 Å². The molecule has 0 aromatic carbocycles. The van der Waals surface area contributed by atoms with Crippen molar-refractivity contribution in [3.05, 3.63) is 11.6 Å². The number of carbonyl (C=O) groups is 1. The lowest BCUT2D eigenvalue weighted by atomic mass is 9.49. The molecule has 3 aliphatic rings. The zero-order valence-electron chi connectivity index (χ0n) is 11.4. The zero-order valence-corrected chi connectivity index (χ0v) is 11.4. The van der Waals surface area contributed by atoms with E-state index in [1.807, 2.05) is 6.08 Å². The highest BCUT2D eigenvalue weighted by atomic mass is 16.6. The molecule has 0 bridgehead atoms. The first-order chi connectivity index (χ1) is 8.36. The molecular weight excluding hydrogens is 228 g/mol. The number of fused-ring (bicyclic) bond motifs is 3. The molecule has 3 unspecified atom stereocenters. The maximum absolute atomic E-state index is 11.7. The zero-order chi connectivity index (χ0) is 13.1. The molecule has 0 aromatic heterocycles. The van der Waals surface area contributed by atoms with Crippen LogP contribution in [0.4, 0.5) is 0 Å². The van der Waals surface area contributed by atoms with Crippen molar-refractivity contribution in [3.63, 3.8) is 0 Å². The first kappa shape index (κ1) is 12.2. The second-order valence-electron chi connectivity index (χ2n) is 7.07. The quantitative estimate of drug-likeness (QED) is 0.672. The molecule has 3 nitrogen and oxygen atoms in total. The number of hydrogen-bond acceptors (Lipinski definition) is 3. The Morgan fingerprint density at radius 2 is 2.06 bits per heavy atom. The number of rotatable bonds is 0. The van der Waals surface area contributed by atoms with E-state index >= 15 is 0 Å². The molecule has 3 heteroatoms. The molecule has 100 valence electrons. The maximum Gasteiger partial charge on any atom is 0.336 e. The highest BCUT2D eigenvalue weighted by Crippen LogP contribution is 2.61. The molecular formula is C15H22O3. The van der Waals surface area contributed by atoms with Crippen LogP contribution in [-0.2, 0) is 9.53 Å². The smallest absolute Gasteiger partial charge is 0.336 e. The Balaban J connectivity index is 2.06. The number of allylic oxidation sites excluding steroid dienone is 1. The fourth-order valence-corrected chi connectivity index (χ4v) is 4.79. The summed E-state index contributed by atoms with van der Waals surface area (Å²) in [5.41, 5.74) is 0.997. The van der Waals surface area contributed by atoms with Crippen molar-refractivity contribution in [1.82, 2.24) is 0 Å². The van der Waals surface area contributed by atoms with Crippen LogP contribution >= 0.6 is 0 Å². The van der Waals surface area contributed by atoms with Crippen LogP contribution in [0.2, 0.25) is 0 Å². The molecule has 2 aliphatic carbocycles. The van der Waals surface area contributed by atoms with Crippen molar-refractivity contribution in [2.24, 2.45) is 22.7 Å². The van der Waals surface area contributed by atoms with Crippen molar-refractivity contribution >= 4 is 5.97 Å². The van der Waals surface area contributed by atoms with Crippen LogP contribution in [0.5, 0.6) is 0 Å². The van der Waals surface area contributed by atoms with Gasteiger partial charge in [-0.2, -0.15) is 0 Å². The Morgan fingerprint density at radius 1 is 1.33 bits per heavy atom.